The zero-order valence-electron chi connectivity index (χ0n) is 16.3. The molecule has 0 spiro atoms. The number of aliphatic carboxylic acids is 1. The van der Waals surface area contributed by atoms with Crippen LogP contribution in [0.25, 0.3) is 0 Å². The van der Waals surface area contributed by atoms with Gasteiger partial charge in [0.25, 0.3) is 0 Å². The van der Waals surface area contributed by atoms with Gasteiger partial charge in [0.1, 0.15) is 12.0 Å². The van der Waals surface area contributed by atoms with Crippen molar-refractivity contribution < 1.29 is 24.2 Å². The summed E-state index contributed by atoms with van der Waals surface area (Å²) < 4.78 is 10.2. The van der Waals surface area contributed by atoms with Gasteiger partial charge in [-0.1, -0.05) is 32.3 Å². The molecule has 25 heavy (non-hydrogen) atoms. The Hall–Kier alpha value is -1.36. The highest BCUT2D eigenvalue weighted by Crippen LogP contribution is 2.28. The van der Waals surface area contributed by atoms with Gasteiger partial charge in [-0.05, 0) is 51.4 Å². The van der Waals surface area contributed by atoms with E-state index in [4.69, 9.17) is 14.6 Å². The average Bonchev–Trinajstić information content (AvgIpc) is 2.54. The van der Waals surface area contributed by atoms with Crippen LogP contribution in [0.4, 0.5) is 0 Å². The normalized spacial score (nSPS) is 23.3. The van der Waals surface area contributed by atoms with E-state index in [0.29, 0.717) is 24.0 Å². The fraction of sp³-hybridized carbons (Fsp3) is 0.800. The number of rotatable bonds is 12. The standard InChI is InChI=1S/C20H34O5/c1-13(10-14(2)11-15(3)16(4)19(21)22)8-6-7-9-18-17(12-24-5)20(23)25-18/h13-14,17-18H,6-12H2,1-5H3,(H,21,22). The van der Waals surface area contributed by atoms with E-state index in [1.54, 1.807) is 14.0 Å². The van der Waals surface area contributed by atoms with Gasteiger partial charge in [0.2, 0.25) is 0 Å². The molecule has 1 saturated heterocycles. The summed E-state index contributed by atoms with van der Waals surface area (Å²) >= 11 is 0. The monoisotopic (exact) mass is 354 g/mol. The molecule has 0 aliphatic carbocycles. The first-order valence-corrected chi connectivity index (χ1v) is 9.35. The zero-order chi connectivity index (χ0) is 19.0. The quantitative estimate of drug-likeness (QED) is 0.323. The summed E-state index contributed by atoms with van der Waals surface area (Å²) in [4.78, 5) is 22.3. The molecular weight excluding hydrogens is 320 g/mol. The highest BCUT2D eigenvalue weighted by atomic mass is 16.6. The Morgan fingerprint density at radius 2 is 1.92 bits per heavy atom. The number of hydrogen-bond donors (Lipinski definition) is 1. The summed E-state index contributed by atoms with van der Waals surface area (Å²) in [6.45, 7) is 8.51. The van der Waals surface area contributed by atoms with E-state index in [0.717, 1.165) is 44.1 Å². The van der Waals surface area contributed by atoms with Crippen LogP contribution in [0, 0.1) is 17.8 Å². The van der Waals surface area contributed by atoms with Gasteiger partial charge in [-0.25, -0.2) is 4.79 Å². The number of ether oxygens (including phenoxy) is 2. The molecular formula is C20H34O5. The Labute approximate surface area is 151 Å². The van der Waals surface area contributed by atoms with Crippen molar-refractivity contribution in [1.82, 2.24) is 0 Å². The highest BCUT2D eigenvalue weighted by molar-refractivity contribution is 5.86. The molecule has 0 aromatic heterocycles. The third kappa shape index (κ3) is 7.18. The lowest BCUT2D eigenvalue weighted by molar-refractivity contribution is -0.190. The van der Waals surface area contributed by atoms with Gasteiger partial charge in [-0.2, -0.15) is 0 Å². The van der Waals surface area contributed by atoms with Crippen molar-refractivity contribution in [3.63, 3.8) is 0 Å². The lowest BCUT2D eigenvalue weighted by Gasteiger charge is -2.34. The molecule has 1 fully saturated rings. The Balaban J connectivity index is 2.20. The first-order valence-electron chi connectivity index (χ1n) is 9.35. The van der Waals surface area contributed by atoms with Gasteiger partial charge in [0, 0.05) is 12.7 Å². The number of unbranched alkanes of at least 4 members (excludes halogenated alkanes) is 1. The van der Waals surface area contributed by atoms with Crippen LogP contribution >= 0.6 is 0 Å². The number of cyclic esters (lactones) is 1. The molecule has 1 N–H and O–H groups in total. The molecule has 144 valence electrons. The lowest BCUT2D eigenvalue weighted by atomic mass is 9.87. The van der Waals surface area contributed by atoms with Crippen LogP contribution in [-0.2, 0) is 19.1 Å². The van der Waals surface area contributed by atoms with E-state index in [-0.39, 0.29) is 18.0 Å². The van der Waals surface area contributed by atoms with Crippen molar-refractivity contribution in [1.29, 1.82) is 0 Å². The van der Waals surface area contributed by atoms with Crippen LogP contribution in [0.1, 0.15) is 66.2 Å². The van der Waals surface area contributed by atoms with Crippen molar-refractivity contribution in [2.45, 2.75) is 72.3 Å². The van der Waals surface area contributed by atoms with Gasteiger partial charge in [-0.3, -0.25) is 4.79 Å². The first-order chi connectivity index (χ1) is 11.8. The predicted octanol–water partition coefficient (Wildman–Crippen LogP) is 4.21. The van der Waals surface area contributed by atoms with Gasteiger partial charge in [0.15, 0.2) is 0 Å². The molecule has 5 nitrogen and oxygen atoms in total. The number of carbonyl (C=O) groups excluding carboxylic acids is 1. The summed E-state index contributed by atoms with van der Waals surface area (Å²) in [5, 5.41) is 9.03. The number of methoxy groups -OCH3 is 1. The van der Waals surface area contributed by atoms with Gasteiger partial charge < -0.3 is 14.6 Å². The first kappa shape index (κ1) is 21.7. The van der Waals surface area contributed by atoms with Gasteiger partial charge >= 0.3 is 11.9 Å². The summed E-state index contributed by atoms with van der Waals surface area (Å²) in [5.41, 5.74) is 1.45. The number of carbonyl (C=O) groups is 2. The number of esters is 1. The van der Waals surface area contributed by atoms with Crippen LogP contribution in [0.5, 0.6) is 0 Å². The number of hydrogen-bond acceptors (Lipinski definition) is 4. The topological polar surface area (TPSA) is 72.8 Å². The Morgan fingerprint density at radius 1 is 1.24 bits per heavy atom. The van der Waals surface area contributed by atoms with Crippen molar-refractivity contribution >= 4 is 11.9 Å². The number of allylic oxidation sites excluding steroid dienone is 1. The fourth-order valence-corrected chi connectivity index (χ4v) is 3.60. The third-order valence-electron chi connectivity index (χ3n) is 5.22. The van der Waals surface area contributed by atoms with Crippen LogP contribution in [0.15, 0.2) is 11.1 Å². The molecule has 0 aromatic rings. The smallest absolute Gasteiger partial charge is 0.331 e. The van der Waals surface area contributed by atoms with E-state index in [2.05, 4.69) is 13.8 Å². The van der Waals surface area contributed by atoms with E-state index in [1.165, 1.54) is 0 Å². The number of carboxylic acids is 1. The molecule has 4 atom stereocenters. The Bertz CT molecular complexity index is 482. The highest BCUT2D eigenvalue weighted by Gasteiger charge is 2.41. The van der Waals surface area contributed by atoms with Crippen molar-refractivity contribution in [3.05, 3.63) is 11.1 Å². The number of carboxylic acid groups (broad SMARTS) is 1. The molecule has 0 saturated carbocycles. The molecule has 4 unspecified atom stereocenters. The zero-order valence-corrected chi connectivity index (χ0v) is 16.3. The maximum Gasteiger partial charge on any atom is 0.331 e. The minimum absolute atomic E-state index is 0.0356. The minimum Gasteiger partial charge on any atom is -0.478 e. The maximum atomic E-state index is 11.3. The third-order valence-corrected chi connectivity index (χ3v) is 5.22. The molecule has 1 rings (SSSR count). The molecule has 1 heterocycles. The summed E-state index contributed by atoms with van der Waals surface area (Å²) in [6.07, 6.45) is 6.25. The van der Waals surface area contributed by atoms with Crippen molar-refractivity contribution in [2.75, 3.05) is 13.7 Å². The summed E-state index contributed by atoms with van der Waals surface area (Å²) in [6, 6.07) is 0. The molecule has 0 radical (unpaired) electrons. The van der Waals surface area contributed by atoms with Crippen LogP contribution in [0.2, 0.25) is 0 Å². The van der Waals surface area contributed by atoms with E-state index < -0.39 is 5.97 Å². The van der Waals surface area contributed by atoms with Crippen molar-refractivity contribution in [2.24, 2.45) is 17.8 Å². The predicted molar refractivity (Wildman–Crippen MR) is 97.3 cm³/mol. The Kier molecular flexibility index (Phi) is 9.19. The van der Waals surface area contributed by atoms with Crippen LogP contribution in [0.3, 0.4) is 0 Å². The fourth-order valence-electron chi connectivity index (χ4n) is 3.60. The average molecular weight is 354 g/mol. The van der Waals surface area contributed by atoms with E-state index in [9.17, 15) is 9.59 Å². The van der Waals surface area contributed by atoms with E-state index in [1.807, 2.05) is 6.92 Å². The molecule has 1 aliphatic heterocycles. The Morgan fingerprint density at radius 3 is 2.48 bits per heavy atom. The lowest BCUT2D eigenvalue weighted by Crippen LogP contribution is -2.47. The molecule has 5 heteroatoms. The van der Waals surface area contributed by atoms with Gasteiger partial charge in [-0.15, -0.1) is 0 Å². The second-order valence-corrected chi connectivity index (χ2v) is 7.68. The minimum atomic E-state index is -0.818. The van der Waals surface area contributed by atoms with Crippen LogP contribution < -0.4 is 0 Å². The SMILES string of the molecule is COCC1C(=O)OC1CCCCC(C)CC(C)CC(C)=C(C)C(=O)O. The molecule has 0 aromatic carbocycles. The van der Waals surface area contributed by atoms with Crippen LogP contribution in [-0.4, -0.2) is 36.9 Å². The summed E-state index contributed by atoms with van der Waals surface area (Å²) in [7, 11) is 1.61. The van der Waals surface area contributed by atoms with Gasteiger partial charge in [0.05, 0.1) is 6.61 Å². The van der Waals surface area contributed by atoms with E-state index >= 15 is 0 Å². The summed E-state index contributed by atoms with van der Waals surface area (Å²) in [5.74, 6) is 0.0830. The second kappa shape index (κ2) is 10.6. The molecule has 1 aliphatic rings. The second-order valence-electron chi connectivity index (χ2n) is 7.68. The largest absolute Gasteiger partial charge is 0.478 e. The molecule has 0 bridgehead atoms. The van der Waals surface area contributed by atoms with Crippen molar-refractivity contribution in [3.8, 4) is 0 Å². The molecule has 0 amide bonds. The maximum absolute atomic E-state index is 11.3.